The van der Waals surface area contributed by atoms with Crippen molar-refractivity contribution >= 4 is 44.9 Å². The average molecular weight is 490 g/mol. The van der Waals surface area contributed by atoms with Gasteiger partial charge in [-0.05, 0) is 83.7 Å². The zero-order valence-corrected chi connectivity index (χ0v) is 19.4. The van der Waals surface area contributed by atoms with Crippen molar-refractivity contribution in [2.24, 2.45) is 0 Å². The first-order chi connectivity index (χ1) is 14.5. The molecular weight excluding hydrogens is 466 g/mol. The summed E-state index contributed by atoms with van der Waals surface area (Å²) in [7, 11) is 0. The molecule has 7 heteroatoms. The molecule has 1 aliphatic heterocycles. The number of thioether (sulfide) groups is 1. The SMILES string of the molecule is CCOc1cc(/C=C2/SC(=O)N(CCCc3ccccc3)C2=O)cc(Br)c1OCC. The highest BCUT2D eigenvalue weighted by Gasteiger charge is 2.34. The van der Waals surface area contributed by atoms with Gasteiger partial charge >= 0.3 is 0 Å². The summed E-state index contributed by atoms with van der Waals surface area (Å²) in [6.45, 7) is 5.23. The lowest BCUT2D eigenvalue weighted by Crippen LogP contribution is -2.29. The van der Waals surface area contributed by atoms with Crippen LogP contribution in [0, 0.1) is 0 Å². The molecule has 158 valence electrons. The molecule has 0 radical (unpaired) electrons. The Morgan fingerprint density at radius 2 is 1.80 bits per heavy atom. The Morgan fingerprint density at radius 1 is 1.07 bits per heavy atom. The Balaban J connectivity index is 1.73. The smallest absolute Gasteiger partial charge is 0.293 e. The Labute approximate surface area is 189 Å². The molecule has 1 aliphatic rings. The third-order valence-electron chi connectivity index (χ3n) is 4.48. The van der Waals surface area contributed by atoms with Gasteiger partial charge < -0.3 is 9.47 Å². The van der Waals surface area contributed by atoms with E-state index in [0.717, 1.165) is 34.6 Å². The van der Waals surface area contributed by atoms with Gasteiger partial charge in [0.25, 0.3) is 11.1 Å². The summed E-state index contributed by atoms with van der Waals surface area (Å²) in [6, 6.07) is 13.7. The van der Waals surface area contributed by atoms with Crippen molar-refractivity contribution < 1.29 is 19.1 Å². The van der Waals surface area contributed by atoms with E-state index in [2.05, 4.69) is 15.9 Å². The van der Waals surface area contributed by atoms with E-state index >= 15 is 0 Å². The fraction of sp³-hybridized carbons (Fsp3) is 0.304. The maximum atomic E-state index is 12.8. The minimum Gasteiger partial charge on any atom is -0.490 e. The molecule has 0 saturated carbocycles. The highest BCUT2D eigenvalue weighted by Crippen LogP contribution is 2.39. The van der Waals surface area contributed by atoms with Gasteiger partial charge in [0.2, 0.25) is 0 Å². The zero-order valence-electron chi connectivity index (χ0n) is 17.0. The fourth-order valence-corrected chi connectivity index (χ4v) is 4.59. The zero-order chi connectivity index (χ0) is 21.5. The number of ether oxygens (including phenoxy) is 2. The van der Waals surface area contributed by atoms with E-state index in [0.29, 0.717) is 36.2 Å². The van der Waals surface area contributed by atoms with Crippen molar-refractivity contribution in [3.8, 4) is 11.5 Å². The number of nitrogens with zero attached hydrogens (tertiary/aromatic N) is 1. The Morgan fingerprint density at radius 3 is 2.50 bits per heavy atom. The summed E-state index contributed by atoms with van der Waals surface area (Å²) in [5.74, 6) is 0.980. The first kappa shape index (κ1) is 22.4. The minimum absolute atomic E-state index is 0.227. The van der Waals surface area contributed by atoms with Crippen LogP contribution in [-0.2, 0) is 11.2 Å². The van der Waals surface area contributed by atoms with Crippen LogP contribution in [-0.4, -0.2) is 35.8 Å². The highest BCUT2D eigenvalue weighted by molar-refractivity contribution is 9.10. The number of hydrogen-bond donors (Lipinski definition) is 0. The molecule has 5 nitrogen and oxygen atoms in total. The first-order valence-electron chi connectivity index (χ1n) is 9.92. The van der Waals surface area contributed by atoms with Crippen LogP contribution in [0.2, 0.25) is 0 Å². The lowest BCUT2D eigenvalue weighted by Gasteiger charge is -2.14. The van der Waals surface area contributed by atoms with Gasteiger partial charge in [0.05, 0.1) is 22.6 Å². The fourth-order valence-electron chi connectivity index (χ4n) is 3.15. The molecule has 1 saturated heterocycles. The number of carbonyl (C=O) groups excluding carboxylic acids is 2. The summed E-state index contributed by atoms with van der Waals surface area (Å²) in [6.07, 6.45) is 3.29. The number of carbonyl (C=O) groups is 2. The lowest BCUT2D eigenvalue weighted by atomic mass is 10.1. The van der Waals surface area contributed by atoms with Crippen LogP contribution in [0.15, 0.2) is 51.8 Å². The topological polar surface area (TPSA) is 55.8 Å². The lowest BCUT2D eigenvalue weighted by molar-refractivity contribution is -0.122. The number of imide groups is 1. The maximum absolute atomic E-state index is 12.8. The van der Waals surface area contributed by atoms with E-state index in [1.165, 1.54) is 10.5 Å². The van der Waals surface area contributed by atoms with Gasteiger partial charge in [0.15, 0.2) is 11.5 Å². The molecule has 0 atom stereocenters. The minimum atomic E-state index is -0.249. The van der Waals surface area contributed by atoms with Crippen LogP contribution in [0.3, 0.4) is 0 Å². The largest absolute Gasteiger partial charge is 0.490 e. The van der Waals surface area contributed by atoms with Crippen molar-refractivity contribution in [2.45, 2.75) is 26.7 Å². The van der Waals surface area contributed by atoms with Crippen molar-refractivity contribution in [3.63, 3.8) is 0 Å². The van der Waals surface area contributed by atoms with E-state index in [1.54, 1.807) is 6.08 Å². The van der Waals surface area contributed by atoms with Crippen molar-refractivity contribution in [2.75, 3.05) is 19.8 Å². The van der Waals surface area contributed by atoms with Crippen molar-refractivity contribution in [1.82, 2.24) is 4.90 Å². The van der Waals surface area contributed by atoms with Crippen LogP contribution >= 0.6 is 27.7 Å². The Kier molecular flexibility index (Phi) is 7.99. The molecular formula is C23H24BrNO4S. The van der Waals surface area contributed by atoms with E-state index in [4.69, 9.17) is 9.47 Å². The van der Waals surface area contributed by atoms with E-state index < -0.39 is 0 Å². The molecule has 0 spiro atoms. The summed E-state index contributed by atoms with van der Waals surface area (Å²) in [4.78, 5) is 26.9. The second-order valence-corrected chi connectivity index (χ2v) is 8.47. The normalized spacial score (nSPS) is 15.2. The molecule has 0 aromatic heterocycles. The quantitative estimate of drug-likeness (QED) is 0.409. The van der Waals surface area contributed by atoms with Crippen molar-refractivity contribution in [1.29, 1.82) is 0 Å². The molecule has 0 aliphatic carbocycles. The molecule has 0 unspecified atom stereocenters. The van der Waals surface area contributed by atoms with E-state index in [-0.39, 0.29) is 11.1 Å². The first-order valence-corrected chi connectivity index (χ1v) is 11.5. The maximum Gasteiger partial charge on any atom is 0.293 e. The van der Waals surface area contributed by atoms with Gasteiger partial charge in [-0.2, -0.15) is 0 Å². The standard InChI is InChI=1S/C23H24BrNO4S/c1-3-28-19-14-17(13-18(24)21(19)29-4-2)15-20-22(26)25(23(27)30-20)12-8-11-16-9-6-5-7-10-16/h5-7,9-10,13-15H,3-4,8,11-12H2,1-2H3/b20-15+. The predicted molar refractivity (Wildman–Crippen MR) is 124 cm³/mol. The van der Waals surface area contributed by atoms with Gasteiger partial charge in [-0.25, -0.2) is 0 Å². The molecule has 2 amide bonds. The number of benzene rings is 2. The van der Waals surface area contributed by atoms with Crippen LogP contribution in [0.5, 0.6) is 11.5 Å². The molecule has 2 aromatic carbocycles. The van der Waals surface area contributed by atoms with Gasteiger partial charge in [-0.15, -0.1) is 0 Å². The van der Waals surface area contributed by atoms with Gasteiger partial charge in [-0.1, -0.05) is 30.3 Å². The van der Waals surface area contributed by atoms with Gasteiger partial charge in [0.1, 0.15) is 0 Å². The monoisotopic (exact) mass is 489 g/mol. The molecule has 30 heavy (non-hydrogen) atoms. The number of halogens is 1. The van der Waals surface area contributed by atoms with Crippen LogP contribution in [0.1, 0.15) is 31.4 Å². The Bertz CT molecular complexity index is 946. The van der Waals surface area contributed by atoms with Crippen LogP contribution in [0.25, 0.3) is 6.08 Å². The number of amides is 2. The molecule has 1 heterocycles. The predicted octanol–water partition coefficient (Wildman–Crippen LogP) is 5.92. The molecule has 0 bridgehead atoms. The summed E-state index contributed by atoms with van der Waals surface area (Å²) < 4.78 is 12.1. The van der Waals surface area contributed by atoms with E-state index in [1.807, 2.05) is 56.3 Å². The van der Waals surface area contributed by atoms with Crippen LogP contribution in [0.4, 0.5) is 4.79 Å². The molecule has 2 aromatic rings. The Hall–Kier alpha value is -2.25. The second kappa shape index (κ2) is 10.7. The highest BCUT2D eigenvalue weighted by atomic mass is 79.9. The number of rotatable bonds is 9. The van der Waals surface area contributed by atoms with Gasteiger partial charge in [0, 0.05) is 6.54 Å². The molecule has 3 rings (SSSR count). The summed E-state index contributed by atoms with van der Waals surface area (Å²) >= 11 is 4.48. The molecule has 0 N–H and O–H groups in total. The molecule has 1 fully saturated rings. The second-order valence-electron chi connectivity index (χ2n) is 6.62. The van der Waals surface area contributed by atoms with Crippen molar-refractivity contribution in [3.05, 3.63) is 63.0 Å². The van der Waals surface area contributed by atoms with Gasteiger partial charge in [-0.3, -0.25) is 14.5 Å². The summed E-state index contributed by atoms with van der Waals surface area (Å²) in [5.41, 5.74) is 1.96. The third kappa shape index (κ3) is 5.46. The van der Waals surface area contributed by atoms with E-state index in [9.17, 15) is 9.59 Å². The van der Waals surface area contributed by atoms with Crippen LogP contribution < -0.4 is 9.47 Å². The average Bonchev–Trinajstić information content (AvgIpc) is 2.99. The number of hydrogen-bond acceptors (Lipinski definition) is 5. The summed E-state index contributed by atoms with van der Waals surface area (Å²) in [5, 5.41) is -0.227. The number of aryl methyl sites for hydroxylation is 1. The third-order valence-corrected chi connectivity index (χ3v) is 5.98.